The number of halogens is 1. The summed E-state index contributed by atoms with van der Waals surface area (Å²) in [7, 11) is 7.92. The molecular formula is C20H33IN6. The largest absolute Gasteiger partial charge is 0.354 e. The number of guanidine groups is 1. The van der Waals surface area contributed by atoms with E-state index in [1.165, 1.54) is 11.1 Å². The molecular weight excluding hydrogens is 451 g/mol. The van der Waals surface area contributed by atoms with Crippen molar-refractivity contribution in [3.63, 3.8) is 0 Å². The summed E-state index contributed by atoms with van der Waals surface area (Å²) < 4.78 is 1.84. The minimum absolute atomic E-state index is 0. The molecule has 150 valence electrons. The van der Waals surface area contributed by atoms with Crippen molar-refractivity contribution in [3.8, 4) is 0 Å². The number of rotatable bonds is 8. The van der Waals surface area contributed by atoms with Crippen LogP contribution in [-0.4, -0.2) is 54.4 Å². The summed E-state index contributed by atoms with van der Waals surface area (Å²) in [6.07, 6.45) is 6.10. The van der Waals surface area contributed by atoms with Crippen molar-refractivity contribution in [2.45, 2.75) is 31.8 Å². The van der Waals surface area contributed by atoms with Crippen molar-refractivity contribution in [1.29, 1.82) is 0 Å². The highest BCUT2D eigenvalue weighted by atomic mass is 127. The Hall–Kier alpha value is -1.61. The molecule has 1 heterocycles. The molecule has 0 saturated carbocycles. The summed E-state index contributed by atoms with van der Waals surface area (Å²) in [4.78, 5) is 6.56. The molecule has 0 spiro atoms. The monoisotopic (exact) mass is 484 g/mol. The zero-order valence-corrected chi connectivity index (χ0v) is 19.3. The lowest BCUT2D eigenvalue weighted by Crippen LogP contribution is -2.45. The van der Waals surface area contributed by atoms with Crippen molar-refractivity contribution in [2.24, 2.45) is 12.0 Å². The highest BCUT2D eigenvalue weighted by molar-refractivity contribution is 14.0. The van der Waals surface area contributed by atoms with Crippen molar-refractivity contribution in [2.75, 3.05) is 27.7 Å². The topological polar surface area (TPSA) is 57.5 Å². The van der Waals surface area contributed by atoms with E-state index in [2.05, 4.69) is 83.2 Å². The second kappa shape index (κ2) is 12.0. The Morgan fingerprint density at radius 1 is 1.26 bits per heavy atom. The lowest BCUT2D eigenvalue weighted by atomic mass is 10.1. The molecule has 6 nitrogen and oxygen atoms in total. The van der Waals surface area contributed by atoms with Crippen LogP contribution in [0.3, 0.4) is 0 Å². The van der Waals surface area contributed by atoms with Crippen LogP contribution in [-0.2, 0) is 13.5 Å². The molecule has 27 heavy (non-hydrogen) atoms. The van der Waals surface area contributed by atoms with Crippen LogP contribution in [0.2, 0.25) is 0 Å². The van der Waals surface area contributed by atoms with Gasteiger partial charge in [-0.15, -0.1) is 24.0 Å². The molecule has 0 amide bonds. The maximum atomic E-state index is 4.37. The molecule has 0 aliphatic heterocycles. The molecule has 2 unspecified atom stereocenters. The fourth-order valence-corrected chi connectivity index (χ4v) is 2.93. The van der Waals surface area contributed by atoms with Gasteiger partial charge in [-0.2, -0.15) is 5.10 Å². The van der Waals surface area contributed by atoms with Crippen molar-refractivity contribution in [3.05, 3.63) is 53.9 Å². The molecule has 7 heteroatoms. The van der Waals surface area contributed by atoms with E-state index in [0.29, 0.717) is 6.04 Å². The number of nitrogens with one attached hydrogen (secondary N) is 2. The first-order valence-corrected chi connectivity index (χ1v) is 9.15. The van der Waals surface area contributed by atoms with Gasteiger partial charge in [0.05, 0.1) is 12.2 Å². The second-order valence-corrected chi connectivity index (χ2v) is 6.95. The Bertz CT molecular complexity index is 683. The van der Waals surface area contributed by atoms with Crippen LogP contribution in [0.1, 0.15) is 30.5 Å². The number of hydrogen-bond acceptors (Lipinski definition) is 3. The standard InChI is InChI=1S/C20H32N6.HI/c1-16(11-12-17-9-7-6-8-10-17)24-20(21-2)22-14-19(25(3)4)18-13-23-26(5)15-18;/h6-10,13,15-16,19H,11-12,14H2,1-5H3,(H2,21,22,24);1H. The average Bonchev–Trinajstić information content (AvgIpc) is 3.05. The van der Waals surface area contributed by atoms with Gasteiger partial charge in [-0.05, 0) is 39.4 Å². The first-order valence-electron chi connectivity index (χ1n) is 9.15. The molecule has 0 bridgehead atoms. The third kappa shape index (κ3) is 7.88. The molecule has 0 aliphatic carbocycles. The lowest BCUT2D eigenvalue weighted by molar-refractivity contribution is 0.298. The van der Waals surface area contributed by atoms with E-state index in [4.69, 9.17) is 0 Å². The molecule has 0 saturated heterocycles. The quantitative estimate of drug-likeness (QED) is 0.344. The maximum absolute atomic E-state index is 4.37. The van der Waals surface area contributed by atoms with Crippen LogP contribution >= 0.6 is 24.0 Å². The Balaban J connectivity index is 0.00000364. The minimum atomic E-state index is 0. The highest BCUT2D eigenvalue weighted by Crippen LogP contribution is 2.16. The van der Waals surface area contributed by atoms with E-state index >= 15 is 0 Å². The summed E-state index contributed by atoms with van der Waals surface area (Å²) in [5, 5.41) is 11.2. The van der Waals surface area contributed by atoms with Gasteiger partial charge in [0.1, 0.15) is 0 Å². The normalized spacial score (nSPS) is 13.8. The third-order valence-electron chi connectivity index (χ3n) is 4.51. The number of nitrogens with zero attached hydrogens (tertiary/aromatic N) is 4. The summed E-state index contributed by atoms with van der Waals surface area (Å²) in [5.41, 5.74) is 2.56. The van der Waals surface area contributed by atoms with Gasteiger partial charge < -0.3 is 15.5 Å². The zero-order chi connectivity index (χ0) is 18.9. The van der Waals surface area contributed by atoms with Crippen molar-refractivity contribution < 1.29 is 0 Å². The molecule has 1 aromatic heterocycles. The predicted molar refractivity (Wildman–Crippen MR) is 124 cm³/mol. The minimum Gasteiger partial charge on any atom is -0.354 e. The van der Waals surface area contributed by atoms with E-state index in [1.54, 1.807) is 0 Å². The van der Waals surface area contributed by atoms with Gasteiger partial charge in [0.15, 0.2) is 5.96 Å². The first kappa shape index (κ1) is 23.4. The van der Waals surface area contributed by atoms with Gasteiger partial charge in [-0.3, -0.25) is 9.67 Å². The summed E-state index contributed by atoms with van der Waals surface area (Å²) >= 11 is 0. The van der Waals surface area contributed by atoms with Gasteiger partial charge in [-0.1, -0.05) is 30.3 Å². The average molecular weight is 484 g/mol. The molecule has 0 fully saturated rings. The van der Waals surface area contributed by atoms with E-state index in [9.17, 15) is 0 Å². The SMILES string of the molecule is CN=C(NCC(c1cnn(C)c1)N(C)C)NC(C)CCc1ccccc1.I. The predicted octanol–water partition coefficient (Wildman–Crippen LogP) is 2.83. The highest BCUT2D eigenvalue weighted by Gasteiger charge is 2.16. The number of aromatic nitrogens is 2. The summed E-state index contributed by atoms with van der Waals surface area (Å²) in [6.45, 7) is 2.96. The fraction of sp³-hybridized carbons (Fsp3) is 0.500. The Kier molecular flexibility index (Phi) is 10.4. The van der Waals surface area contributed by atoms with E-state index in [1.807, 2.05) is 25.0 Å². The number of aliphatic imine (C=N–C) groups is 1. The maximum Gasteiger partial charge on any atom is 0.191 e. The Morgan fingerprint density at radius 2 is 1.96 bits per heavy atom. The van der Waals surface area contributed by atoms with Crippen LogP contribution in [0.15, 0.2) is 47.7 Å². The molecule has 2 aromatic rings. The first-order chi connectivity index (χ1) is 12.5. The van der Waals surface area contributed by atoms with Crippen LogP contribution in [0, 0.1) is 0 Å². The number of likely N-dealkylation sites (N-methyl/N-ethyl adjacent to an activating group) is 1. The van der Waals surface area contributed by atoms with Crippen molar-refractivity contribution in [1.82, 2.24) is 25.3 Å². The van der Waals surface area contributed by atoms with E-state index < -0.39 is 0 Å². The Morgan fingerprint density at radius 3 is 2.52 bits per heavy atom. The molecule has 0 radical (unpaired) electrons. The van der Waals surface area contributed by atoms with Crippen molar-refractivity contribution >= 4 is 29.9 Å². The summed E-state index contributed by atoms with van der Waals surface area (Å²) in [6, 6.07) is 11.2. The Labute approximate surface area is 180 Å². The smallest absolute Gasteiger partial charge is 0.191 e. The zero-order valence-electron chi connectivity index (χ0n) is 17.0. The van der Waals surface area contributed by atoms with E-state index in [-0.39, 0.29) is 30.0 Å². The van der Waals surface area contributed by atoms with Gasteiger partial charge in [0.25, 0.3) is 0 Å². The molecule has 2 N–H and O–H groups in total. The van der Waals surface area contributed by atoms with Gasteiger partial charge >= 0.3 is 0 Å². The van der Waals surface area contributed by atoms with Gasteiger partial charge in [-0.25, -0.2) is 0 Å². The molecule has 1 aromatic carbocycles. The second-order valence-electron chi connectivity index (χ2n) is 6.95. The van der Waals surface area contributed by atoms with Crippen LogP contribution in [0.25, 0.3) is 0 Å². The number of hydrogen-bond donors (Lipinski definition) is 2. The number of aryl methyl sites for hydroxylation is 2. The lowest BCUT2D eigenvalue weighted by Gasteiger charge is -2.25. The van der Waals surface area contributed by atoms with Gasteiger partial charge in [0, 0.05) is 38.4 Å². The fourth-order valence-electron chi connectivity index (χ4n) is 2.93. The molecule has 0 aliphatic rings. The van der Waals surface area contributed by atoms with Gasteiger partial charge in [0.2, 0.25) is 0 Å². The van der Waals surface area contributed by atoms with Crippen LogP contribution < -0.4 is 10.6 Å². The third-order valence-corrected chi connectivity index (χ3v) is 4.51. The number of benzene rings is 1. The molecule has 2 rings (SSSR count). The molecule has 2 atom stereocenters. The van der Waals surface area contributed by atoms with E-state index in [0.717, 1.165) is 25.3 Å². The van der Waals surface area contributed by atoms with Crippen LogP contribution in [0.4, 0.5) is 0 Å². The van der Waals surface area contributed by atoms with Crippen LogP contribution in [0.5, 0.6) is 0 Å². The summed E-state index contributed by atoms with van der Waals surface area (Å²) in [5.74, 6) is 0.835.